The number of aryl methyl sites for hydroxylation is 1. The largest absolute Gasteiger partial charge is 0.494 e. The van der Waals surface area contributed by atoms with Crippen molar-refractivity contribution in [2.45, 2.75) is 38.5 Å². The van der Waals surface area contributed by atoms with Crippen molar-refractivity contribution in [1.29, 1.82) is 0 Å². The summed E-state index contributed by atoms with van der Waals surface area (Å²) in [6, 6.07) is 7.83. The average Bonchev–Trinajstić information content (AvgIpc) is 3.27. The quantitative estimate of drug-likeness (QED) is 0.850. The van der Waals surface area contributed by atoms with Gasteiger partial charge in [0.05, 0.1) is 6.61 Å². The van der Waals surface area contributed by atoms with Gasteiger partial charge in [-0.3, -0.25) is 4.79 Å². The molecule has 0 atom stereocenters. The van der Waals surface area contributed by atoms with Gasteiger partial charge in [0, 0.05) is 12.3 Å². The summed E-state index contributed by atoms with van der Waals surface area (Å²) in [6.07, 6.45) is 3.44. The summed E-state index contributed by atoms with van der Waals surface area (Å²) >= 11 is 1.49. The van der Waals surface area contributed by atoms with Gasteiger partial charge in [-0.2, -0.15) is 0 Å². The molecule has 1 heterocycles. The summed E-state index contributed by atoms with van der Waals surface area (Å²) in [5.41, 5.74) is 1.05. The number of nitrogens with zero attached hydrogens (tertiary/aromatic N) is 2. The first-order valence-corrected chi connectivity index (χ1v) is 8.42. The van der Waals surface area contributed by atoms with E-state index in [4.69, 9.17) is 4.74 Å². The van der Waals surface area contributed by atoms with Gasteiger partial charge in [-0.25, -0.2) is 0 Å². The zero-order valence-electron chi connectivity index (χ0n) is 12.5. The van der Waals surface area contributed by atoms with Crippen molar-refractivity contribution in [1.82, 2.24) is 10.2 Å². The van der Waals surface area contributed by atoms with E-state index in [-0.39, 0.29) is 5.91 Å². The van der Waals surface area contributed by atoms with Crippen LogP contribution in [0.5, 0.6) is 5.75 Å². The summed E-state index contributed by atoms with van der Waals surface area (Å²) in [6.45, 7) is 2.58. The first-order valence-electron chi connectivity index (χ1n) is 7.60. The molecule has 0 aliphatic heterocycles. The molecule has 1 aromatic heterocycles. The van der Waals surface area contributed by atoms with Gasteiger partial charge in [-0.1, -0.05) is 29.5 Å². The molecular weight excluding hydrogens is 298 g/mol. The van der Waals surface area contributed by atoms with Gasteiger partial charge in [-0.15, -0.1) is 10.2 Å². The van der Waals surface area contributed by atoms with E-state index in [0.29, 0.717) is 30.5 Å². The second-order valence-corrected chi connectivity index (χ2v) is 6.32. The summed E-state index contributed by atoms with van der Waals surface area (Å²) in [5.74, 6) is 1.38. The van der Waals surface area contributed by atoms with Crippen LogP contribution in [0, 0.1) is 0 Å². The van der Waals surface area contributed by atoms with Crippen molar-refractivity contribution in [2.24, 2.45) is 0 Å². The molecule has 0 spiro atoms. The lowest BCUT2D eigenvalue weighted by Gasteiger charge is -2.09. The Kier molecular flexibility index (Phi) is 4.68. The molecule has 6 heteroatoms. The summed E-state index contributed by atoms with van der Waals surface area (Å²) < 4.78 is 5.57. The number of carbonyl (C=O) groups excluding carboxylic acids is 1. The van der Waals surface area contributed by atoms with E-state index in [2.05, 4.69) is 15.5 Å². The minimum absolute atomic E-state index is 0.0372. The standard InChI is InChI=1S/C16H19N3O2S/c1-2-21-13-6-4-3-5-11(13)9-10-14(20)17-16-19-18-15(22-16)12-7-8-12/h3-6,12H,2,7-10H2,1H3,(H,17,19,20). The number of aromatic nitrogens is 2. The highest BCUT2D eigenvalue weighted by Crippen LogP contribution is 2.42. The van der Waals surface area contributed by atoms with Crippen LogP contribution in [0.4, 0.5) is 5.13 Å². The fourth-order valence-electron chi connectivity index (χ4n) is 2.22. The average molecular weight is 317 g/mol. The molecule has 0 saturated heterocycles. The van der Waals surface area contributed by atoms with Crippen LogP contribution in [-0.4, -0.2) is 22.7 Å². The molecule has 22 heavy (non-hydrogen) atoms. The Labute approximate surface area is 133 Å². The van der Waals surface area contributed by atoms with Gasteiger partial charge in [0.1, 0.15) is 10.8 Å². The predicted octanol–water partition coefficient (Wildman–Crippen LogP) is 3.39. The Balaban J connectivity index is 1.53. The molecule has 116 valence electrons. The number of nitrogens with one attached hydrogen (secondary N) is 1. The fraction of sp³-hybridized carbons (Fsp3) is 0.438. The number of para-hydroxylation sites is 1. The monoisotopic (exact) mass is 317 g/mol. The summed E-state index contributed by atoms with van der Waals surface area (Å²) in [4.78, 5) is 12.0. The van der Waals surface area contributed by atoms with Crippen molar-refractivity contribution in [2.75, 3.05) is 11.9 Å². The zero-order valence-corrected chi connectivity index (χ0v) is 13.4. The summed E-state index contributed by atoms with van der Waals surface area (Å²) in [5, 5.41) is 12.6. The van der Waals surface area contributed by atoms with Gasteiger partial charge in [-0.05, 0) is 37.8 Å². The second-order valence-electron chi connectivity index (χ2n) is 5.31. The first-order chi connectivity index (χ1) is 10.8. The van der Waals surface area contributed by atoms with Crippen LogP contribution in [0.25, 0.3) is 0 Å². The smallest absolute Gasteiger partial charge is 0.226 e. The molecule has 2 aromatic rings. The van der Waals surface area contributed by atoms with Crippen LogP contribution in [0.2, 0.25) is 0 Å². The first kappa shape index (κ1) is 15.0. The number of anilines is 1. The number of ether oxygens (including phenoxy) is 1. The highest BCUT2D eigenvalue weighted by molar-refractivity contribution is 7.15. The maximum Gasteiger partial charge on any atom is 0.226 e. The van der Waals surface area contributed by atoms with Crippen molar-refractivity contribution in [3.05, 3.63) is 34.8 Å². The number of hydrogen-bond donors (Lipinski definition) is 1. The Bertz CT molecular complexity index is 652. The van der Waals surface area contributed by atoms with E-state index in [9.17, 15) is 4.79 Å². The lowest BCUT2D eigenvalue weighted by atomic mass is 10.1. The second kappa shape index (κ2) is 6.87. The van der Waals surface area contributed by atoms with E-state index in [1.54, 1.807) is 0 Å². The molecule has 1 amide bonds. The molecule has 0 unspecified atom stereocenters. The minimum atomic E-state index is -0.0372. The minimum Gasteiger partial charge on any atom is -0.494 e. The number of carbonyl (C=O) groups is 1. The molecule has 1 aromatic carbocycles. The Hall–Kier alpha value is -1.95. The molecule has 1 saturated carbocycles. The van der Waals surface area contributed by atoms with Crippen molar-refractivity contribution < 1.29 is 9.53 Å². The van der Waals surface area contributed by atoms with Gasteiger partial charge < -0.3 is 10.1 Å². The Morgan fingerprint density at radius 3 is 2.95 bits per heavy atom. The third-order valence-electron chi connectivity index (χ3n) is 3.51. The maximum absolute atomic E-state index is 12.0. The molecule has 5 nitrogen and oxygen atoms in total. The van der Waals surface area contributed by atoms with Crippen molar-refractivity contribution >= 4 is 22.4 Å². The molecule has 1 aliphatic rings. The molecule has 1 fully saturated rings. The topological polar surface area (TPSA) is 64.1 Å². The van der Waals surface area contributed by atoms with Crippen LogP contribution in [0.1, 0.15) is 42.7 Å². The Morgan fingerprint density at radius 2 is 2.18 bits per heavy atom. The molecule has 1 aliphatic carbocycles. The molecule has 1 N–H and O–H groups in total. The summed E-state index contributed by atoms with van der Waals surface area (Å²) in [7, 11) is 0. The zero-order chi connectivity index (χ0) is 15.4. The van der Waals surface area contributed by atoms with E-state index >= 15 is 0 Å². The van der Waals surface area contributed by atoms with Crippen LogP contribution in [0.15, 0.2) is 24.3 Å². The Morgan fingerprint density at radius 1 is 1.36 bits per heavy atom. The third-order valence-corrected chi connectivity index (χ3v) is 4.51. The van der Waals surface area contributed by atoms with Crippen LogP contribution in [0.3, 0.4) is 0 Å². The van der Waals surface area contributed by atoms with Gasteiger partial charge in [0.2, 0.25) is 11.0 Å². The van der Waals surface area contributed by atoms with E-state index < -0.39 is 0 Å². The predicted molar refractivity (Wildman–Crippen MR) is 86.4 cm³/mol. The van der Waals surface area contributed by atoms with Gasteiger partial charge in [0.15, 0.2) is 0 Å². The number of rotatable bonds is 7. The SMILES string of the molecule is CCOc1ccccc1CCC(=O)Nc1nnc(C2CC2)s1. The van der Waals surface area contributed by atoms with Crippen LogP contribution >= 0.6 is 11.3 Å². The van der Waals surface area contributed by atoms with E-state index in [0.717, 1.165) is 16.3 Å². The fourth-order valence-corrected chi connectivity index (χ4v) is 3.15. The highest BCUT2D eigenvalue weighted by atomic mass is 32.1. The lowest BCUT2D eigenvalue weighted by Crippen LogP contribution is -2.12. The number of benzene rings is 1. The molecule has 3 rings (SSSR count). The normalized spacial score (nSPS) is 13.9. The van der Waals surface area contributed by atoms with Crippen LogP contribution in [-0.2, 0) is 11.2 Å². The van der Waals surface area contributed by atoms with E-state index in [1.165, 1.54) is 24.2 Å². The lowest BCUT2D eigenvalue weighted by molar-refractivity contribution is -0.116. The number of amides is 1. The molecular formula is C16H19N3O2S. The van der Waals surface area contributed by atoms with Crippen LogP contribution < -0.4 is 10.1 Å². The highest BCUT2D eigenvalue weighted by Gasteiger charge is 2.27. The third kappa shape index (κ3) is 3.82. The molecule has 0 bridgehead atoms. The maximum atomic E-state index is 12.0. The van der Waals surface area contributed by atoms with Crippen molar-refractivity contribution in [3.63, 3.8) is 0 Å². The number of hydrogen-bond acceptors (Lipinski definition) is 5. The van der Waals surface area contributed by atoms with Gasteiger partial charge >= 0.3 is 0 Å². The van der Waals surface area contributed by atoms with Gasteiger partial charge in [0.25, 0.3) is 0 Å². The van der Waals surface area contributed by atoms with E-state index in [1.807, 2.05) is 31.2 Å². The van der Waals surface area contributed by atoms with Crippen molar-refractivity contribution in [3.8, 4) is 5.75 Å². The molecule has 0 radical (unpaired) electrons.